The lowest BCUT2D eigenvalue weighted by Gasteiger charge is -2.29. The molecule has 1 saturated heterocycles. The Balaban J connectivity index is 1.76. The van der Waals surface area contributed by atoms with E-state index in [1.807, 2.05) is 51.2 Å². The highest BCUT2D eigenvalue weighted by atomic mass is 35.5. The molecule has 0 spiro atoms. The average Bonchev–Trinajstić information content (AvgIpc) is 2.66. The molecule has 2 aromatic rings. The molecular weight excluding hydrogens is 362 g/mol. The molecule has 144 valence electrons. The molecule has 1 amide bonds. The summed E-state index contributed by atoms with van der Waals surface area (Å²) in [5.74, 6) is -0.154. The van der Waals surface area contributed by atoms with Crippen LogP contribution in [0.2, 0.25) is 5.02 Å². The summed E-state index contributed by atoms with van der Waals surface area (Å²) in [5, 5.41) is 6.63. The number of nitrogens with one attached hydrogen (secondary N) is 2. The van der Waals surface area contributed by atoms with Gasteiger partial charge in [-0.05, 0) is 67.9 Å². The summed E-state index contributed by atoms with van der Waals surface area (Å²) in [5.41, 5.74) is 5.73. The van der Waals surface area contributed by atoms with Gasteiger partial charge in [0.05, 0.1) is 23.9 Å². The van der Waals surface area contributed by atoms with E-state index in [9.17, 15) is 4.79 Å². The van der Waals surface area contributed by atoms with Crippen molar-refractivity contribution in [1.29, 1.82) is 0 Å². The van der Waals surface area contributed by atoms with Crippen molar-refractivity contribution < 1.29 is 9.53 Å². The Morgan fingerprint density at radius 1 is 1.15 bits per heavy atom. The molecule has 27 heavy (non-hydrogen) atoms. The third-order valence-electron chi connectivity index (χ3n) is 4.89. The van der Waals surface area contributed by atoms with Crippen molar-refractivity contribution in [3.05, 3.63) is 57.6 Å². The number of hydrogen-bond donors (Lipinski definition) is 2. The maximum atomic E-state index is 12.7. The number of benzene rings is 2. The summed E-state index contributed by atoms with van der Waals surface area (Å²) in [6.45, 7) is 7.98. The van der Waals surface area contributed by atoms with E-state index < -0.39 is 0 Å². The fraction of sp³-hybridized carbons (Fsp3) is 0.381. The fourth-order valence-corrected chi connectivity index (χ4v) is 3.62. The van der Waals surface area contributed by atoms with E-state index >= 15 is 0 Å². The van der Waals surface area contributed by atoms with Crippen LogP contribution in [0.15, 0.2) is 30.3 Å². The van der Waals surface area contributed by atoms with E-state index in [1.165, 1.54) is 5.56 Å². The van der Waals surface area contributed by atoms with Crippen LogP contribution in [0, 0.1) is 13.8 Å². The Hall–Kier alpha value is -2.08. The van der Waals surface area contributed by atoms with Gasteiger partial charge in [-0.3, -0.25) is 4.79 Å². The first kappa shape index (κ1) is 19.7. The lowest BCUT2D eigenvalue weighted by molar-refractivity contribution is 0.102. The number of aryl methyl sites for hydroxylation is 2. The summed E-state index contributed by atoms with van der Waals surface area (Å²) in [6.07, 6.45) is 0. The average molecular weight is 388 g/mol. The molecule has 6 heteroatoms. The molecule has 1 heterocycles. The number of ether oxygens (including phenoxy) is 1. The Morgan fingerprint density at radius 2 is 1.81 bits per heavy atom. The first-order chi connectivity index (χ1) is 13.0. The lowest BCUT2D eigenvalue weighted by atomic mass is 9.99. The fourth-order valence-electron chi connectivity index (χ4n) is 3.40. The van der Waals surface area contributed by atoms with Gasteiger partial charge in [0.1, 0.15) is 0 Å². The van der Waals surface area contributed by atoms with Crippen LogP contribution in [0.1, 0.15) is 27.0 Å². The summed E-state index contributed by atoms with van der Waals surface area (Å²) in [6, 6.07) is 9.59. The molecule has 1 aliphatic heterocycles. The van der Waals surface area contributed by atoms with E-state index in [2.05, 4.69) is 15.5 Å². The number of anilines is 2. The second-order valence-electron chi connectivity index (χ2n) is 6.84. The second kappa shape index (κ2) is 8.74. The van der Waals surface area contributed by atoms with Gasteiger partial charge < -0.3 is 20.3 Å². The van der Waals surface area contributed by atoms with Crippen LogP contribution in [0.4, 0.5) is 11.4 Å². The van der Waals surface area contributed by atoms with Gasteiger partial charge in [0, 0.05) is 30.9 Å². The van der Waals surface area contributed by atoms with Crippen LogP contribution in [0.3, 0.4) is 0 Å². The number of carbonyl (C=O) groups excluding carboxylic acids is 1. The maximum absolute atomic E-state index is 12.7. The van der Waals surface area contributed by atoms with Gasteiger partial charge in [0.25, 0.3) is 5.91 Å². The van der Waals surface area contributed by atoms with Crippen molar-refractivity contribution >= 4 is 28.9 Å². The first-order valence-corrected chi connectivity index (χ1v) is 9.55. The minimum Gasteiger partial charge on any atom is -0.378 e. The van der Waals surface area contributed by atoms with Crippen LogP contribution in [0.25, 0.3) is 0 Å². The second-order valence-corrected chi connectivity index (χ2v) is 7.24. The van der Waals surface area contributed by atoms with Crippen molar-refractivity contribution in [2.24, 2.45) is 0 Å². The standard InChI is InChI=1S/C21H26ClN3O2/c1-14-10-16(11-15(2)18(14)13-23-3)21(26)24-20-5-4-17(12-19(20)22)25-6-8-27-9-7-25/h4-5,10-12,23H,6-9,13H2,1-3H3,(H,24,26). The Morgan fingerprint density at radius 3 is 2.41 bits per heavy atom. The van der Waals surface area contributed by atoms with Crippen molar-refractivity contribution in [2.75, 3.05) is 43.6 Å². The van der Waals surface area contributed by atoms with Crippen LogP contribution in [-0.4, -0.2) is 39.3 Å². The molecule has 1 aliphatic rings. The molecule has 5 nitrogen and oxygen atoms in total. The van der Waals surface area contributed by atoms with Crippen molar-refractivity contribution in [2.45, 2.75) is 20.4 Å². The highest BCUT2D eigenvalue weighted by Gasteiger charge is 2.15. The number of rotatable bonds is 5. The van der Waals surface area contributed by atoms with Gasteiger partial charge in [-0.1, -0.05) is 11.6 Å². The predicted octanol–water partition coefficient (Wildman–Crippen LogP) is 3.77. The van der Waals surface area contributed by atoms with E-state index in [1.54, 1.807) is 0 Å². The minimum atomic E-state index is -0.154. The number of carbonyl (C=O) groups is 1. The van der Waals surface area contributed by atoms with E-state index in [0.717, 1.165) is 49.7 Å². The predicted molar refractivity (Wildman–Crippen MR) is 111 cm³/mol. The van der Waals surface area contributed by atoms with Gasteiger partial charge in [0.15, 0.2) is 0 Å². The molecule has 0 bridgehead atoms. The number of morpholine rings is 1. The van der Waals surface area contributed by atoms with E-state index in [4.69, 9.17) is 16.3 Å². The van der Waals surface area contributed by atoms with Crippen molar-refractivity contribution in [3.63, 3.8) is 0 Å². The summed E-state index contributed by atoms with van der Waals surface area (Å²) < 4.78 is 5.38. The highest BCUT2D eigenvalue weighted by molar-refractivity contribution is 6.34. The van der Waals surface area contributed by atoms with Gasteiger partial charge in [-0.25, -0.2) is 0 Å². The molecule has 0 aromatic heterocycles. The number of halogens is 1. The number of hydrogen-bond acceptors (Lipinski definition) is 4. The maximum Gasteiger partial charge on any atom is 0.255 e. The molecule has 1 fully saturated rings. The summed E-state index contributed by atoms with van der Waals surface area (Å²) >= 11 is 6.43. The first-order valence-electron chi connectivity index (χ1n) is 9.18. The molecular formula is C21H26ClN3O2. The molecule has 0 radical (unpaired) electrons. The van der Waals surface area contributed by atoms with Crippen molar-refractivity contribution in [3.8, 4) is 0 Å². The third kappa shape index (κ3) is 4.61. The SMILES string of the molecule is CNCc1c(C)cc(C(=O)Nc2ccc(N3CCOCC3)cc2Cl)cc1C. The summed E-state index contributed by atoms with van der Waals surface area (Å²) in [7, 11) is 1.92. The minimum absolute atomic E-state index is 0.154. The lowest BCUT2D eigenvalue weighted by Crippen LogP contribution is -2.36. The monoisotopic (exact) mass is 387 g/mol. The van der Waals surface area contributed by atoms with Crippen LogP contribution in [0.5, 0.6) is 0 Å². The third-order valence-corrected chi connectivity index (χ3v) is 5.20. The molecule has 2 N–H and O–H groups in total. The van der Waals surface area contributed by atoms with Gasteiger partial charge in [-0.15, -0.1) is 0 Å². The Labute approximate surface area is 165 Å². The van der Waals surface area contributed by atoms with Crippen LogP contribution < -0.4 is 15.5 Å². The Bertz CT molecular complexity index is 809. The summed E-state index contributed by atoms with van der Waals surface area (Å²) in [4.78, 5) is 14.9. The Kier molecular flexibility index (Phi) is 6.37. The number of amides is 1. The molecule has 0 unspecified atom stereocenters. The van der Waals surface area contributed by atoms with Gasteiger partial charge in [-0.2, -0.15) is 0 Å². The molecule has 0 aliphatic carbocycles. The molecule has 0 saturated carbocycles. The quantitative estimate of drug-likeness (QED) is 0.820. The zero-order valence-electron chi connectivity index (χ0n) is 16.1. The molecule has 2 aromatic carbocycles. The van der Waals surface area contributed by atoms with Gasteiger partial charge in [0.2, 0.25) is 0 Å². The normalized spacial score (nSPS) is 14.3. The molecule has 0 atom stereocenters. The van der Waals surface area contributed by atoms with Crippen molar-refractivity contribution in [1.82, 2.24) is 5.32 Å². The zero-order chi connectivity index (χ0) is 19.4. The van der Waals surface area contributed by atoms with Crippen LogP contribution in [-0.2, 0) is 11.3 Å². The zero-order valence-corrected chi connectivity index (χ0v) is 16.8. The van der Waals surface area contributed by atoms with E-state index in [-0.39, 0.29) is 5.91 Å². The smallest absolute Gasteiger partial charge is 0.255 e. The van der Waals surface area contributed by atoms with E-state index in [0.29, 0.717) is 16.3 Å². The molecule has 3 rings (SSSR count). The number of nitrogens with zero attached hydrogens (tertiary/aromatic N) is 1. The highest BCUT2D eigenvalue weighted by Crippen LogP contribution is 2.29. The topological polar surface area (TPSA) is 53.6 Å². The van der Waals surface area contributed by atoms with Gasteiger partial charge >= 0.3 is 0 Å². The van der Waals surface area contributed by atoms with Crippen LogP contribution >= 0.6 is 11.6 Å². The largest absolute Gasteiger partial charge is 0.378 e.